The van der Waals surface area contributed by atoms with Gasteiger partial charge < -0.3 is 15.3 Å². The minimum Gasteiger partial charge on any atom is -0.480 e. The summed E-state index contributed by atoms with van der Waals surface area (Å²) in [5.41, 5.74) is -0.998. The van der Waals surface area contributed by atoms with Gasteiger partial charge in [-0.25, -0.2) is 9.59 Å². The molecule has 0 aromatic rings. The number of carbonyl (C=O) groups excluding carboxylic acids is 1. The molecular formula is C14H24N2O3. The van der Waals surface area contributed by atoms with Crippen LogP contribution in [0.15, 0.2) is 0 Å². The van der Waals surface area contributed by atoms with E-state index in [-0.39, 0.29) is 6.03 Å². The van der Waals surface area contributed by atoms with Crippen molar-refractivity contribution in [3.05, 3.63) is 0 Å². The number of hydrogen-bond donors (Lipinski definition) is 2. The lowest BCUT2D eigenvalue weighted by Crippen LogP contribution is -2.62. The van der Waals surface area contributed by atoms with Crippen molar-refractivity contribution < 1.29 is 14.7 Å². The maximum Gasteiger partial charge on any atom is 0.329 e. The van der Waals surface area contributed by atoms with E-state index in [1.165, 1.54) is 0 Å². The lowest BCUT2D eigenvalue weighted by atomic mass is 9.77. The Morgan fingerprint density at radius 1 is 1.37 bits per heavy atom. The quantitative estimate of drug-likeness (QED) is 0.776. The van der Waals surface area contributed by atoms with E-state index < -0.39 is 11.5 Å². The molecule has 108 valence electrons. The van der Waals surface area contributed by atoms with E-state index in [9.17, 15) is 14.7 Å². The minimum absolute atomic E-state index is 0.190. The number of carboxylic acids is 1. The highest BCUT2D eigenvalue weighted by Gasteiger charge is 2.47. The number of aliphatic carboxylic acids is 1. The average Bonchev–Trinajstić information content (AvgIpc) is 3.06. The Hall–Kier alpha value is -1.26. The molecule has 0 atom stereocenters. The lowest BCUT2D eigenvalue weighted by Gasteiger charge is -2.40. The summed E-state index contributed by atoms with van der Waals surface area (Å²) in [6.07, 6.45) is 5.04. The predicted octanol–water partition coefficient (Wildman–Crippen LogP) is 2.21. The molecule has 2 saturated carbocycles. The van der Waals surface area contributed by atoms with Crippen LogP contribution in [0.1, 0.15) is 52.4 Å². The van der Waals surface area contributed by atoms with Crippen LogP contribution in [-0.2, 0) is 4.79 Å². The molecule has 0 bridgehead atoms. The summed E-state index contributed by atoms with van der Waals surface area (Å²) in [6.45, 7) is 4.99. The van der Waals surface area contributed by atoms with E-state index in [1.807, 2.05) is 4.90 Å². The predicted molar refractivity (Wildman–Crippen MR) is 71.9 cm³/mol. The van der Waals surface area contributed by atoms with Crippen molar-refractivity contribution in [2.24, 2.45) is 5.92 Å². The summed E-state index contributed by atoms with van der Waals surface area (Å²) in [7, 11) is 0. The number of nitrogens with zero attached hydrogens (tertiary/aromatic N) is 1. The first-order valence-electron chi connectivity index (χ1n) is 7.27. The van der Waals surface area contributed by atoms with Crippen LogP contribution in [0.4, 0.5) is 4.79 Å². The molecule has 0 aromatic carbocycles. The molecule has 2 aliphatic rings. The van der Waals surface area contributed by atoms with Gasteiger partial charge in [-0.05, 0) is 44.4 Å². The van der Waals surface area contributed by atoms with Crippen molar-refractivity contribution in [3.63, 3.8) is 0 Å². The molecule has 5 heteroatoms. The van der Waals surface area contributed by atoms with E-state index in [1.54, 1.807) is 0 Å². The topological polar surface area (TPSA) is 69.6 Å². The molecule has 0 aliphatic heterocycles. The Balaban J connectivity index is 1.93. The average molecular weight is 268 g/mol. The van der Waals surface area contributed by atoms with Crippen molar-refractivity contribution in [1.82, 2.24) is 10.2 Å². The van der Waals surface area contributed by atoms with Gasteiger partial charge in [-0.1, -0.05) is 13.8 Å². The molecule has 2 N–H and O–H groups in total. The number of carbonyl (C=O) groups is 2. The molecule has 0 heterocycles. The third-order valence-corrected chi connectivity index (χ3v) is 4.16. The van der Waals surface area contributed by atoms with E-state index in [4.69, 9.17) is 0 Å². The summed E-state index contributed by atoms with van der Waals surface area (Å²) in [4.78, 5) is 25.4. The van der Waals surface area contributed by atoms with Gasteiger partial charge in [0.1, 0.15) is 5.54 Å². The van der Waals surface area contributed by atoms with Crippen LogP contribution in [0.3, 0.4) is 0 Å². The molecule has 0 saturated heterocycles. The van der Waals surface area contributed by atoms with Crippen LogP contribution >= 0.6 is 0 Å². The highest BCUT2D eigenvalue weighted by atomic mass is 16.4. The fraction of sp³-hybridized carbons (Fsp3) is 0.857. The summed E-state index contributed by atoms with van der Waals surface area (Å²) in [5, 5.41) is 12.0. The maximum absolute atomic E-state index is 12.3. The molecule has 0 aromatic heterocycles. The number of nitrogens with one attached hydrogen (secondary N) is 1. The minimum atomic E-state index is -0.998. The number of urea groups is 1. The zero-order valence-electron chi connectivity index (χ0n) is 11.8. The van der Waals surface area contributed by atoms with Crippen LogP contribution in [0, 0.1) is 5.92 Å². The van der Waals surface area contributed by atoms with Gasteiger partial charge in [0.05, 0.1) is 0 Å². The summed E-state index contributed by atoms with van der Waals surface area (Å²) >= 11 is 0. The molecule has 2 fully saturated rings. The molecule has 19 heavy (non-hydrogen) atoms. The third-order valence-electron chi connectivity index (χ3n) is 4.16. The fourth-order valence-corrected chi connectivity index (χ4v) is 2.43. The highest BCUT2D eigenvalue weighted by molar-refractivity contribution is 5.87. The standard InChI is InChI=1S/C14H24N2O3/c1-10(2)6-9-16(11-4-5-11)13(19)15-14(12(17)18)7-3-8-14/h10-11H,3-9H2,1-2H3,(H,15,19)(H,17,18). The van der Waals surface area contributed by atoms with Gasteiger partial charge in [-0.15, -0.1) is 0 Å². The Kier molecular flexibility index (Phi) is 4.02. The Morgan fingerprint density at radius 3 is 2.37 bits per heavy atom. The van der Waals surface area contributed by atoms with Crippen LogP contribution < -0.4 is 5.32 Å². The van der Waals surface area contributed by atoms with Crippen LogP contribution in [-0.4, -0.2) is 40.1 Å². The van der Waals surface area contributed by atoms with Gasteiger partial charge in [-0.3, -0.25) is 0 Å². The third kappa shape index (κ3) is 3.19. The first-order valence-corrected chi connectivity index (χ1v) is 7.27. The molecule has 0 unspecified atom stereocenters. The molecule has 2 aliphatic carbocycles. The van der Waals surface area contributed by atoms with Gasteiger partial charge >= 0.3 is 12.0 Å². The highest BCUT2D eigenvalue weighted by Crippen LogP contribution is 2.33. The Bertz CT molecular complexity index is 360. The number of carboxylic acid groups (broad SMARTS) is 1. The van der Waals surface area contributed by atoms with Crippen molar-refractivity contribution in [3.8, 4) is 0 Å². The van der Waals surface area contributed by atoms with Crippen LogP contribution in [0.2, 0.25) is 0 Å². The summed E-state index contributed by atoms with van der Waals surface area (Å²) in [6, 6.07) is 0.134. The normalized spacial score (nSPS) is 20.8. The Morgan fingerprint density at radius 2 is 2.00 bits per heavy atom. The molecule has 5 nitrogen and oxygen atoms in total. The van der Waals surface area contributed by atoms with Crippen LogP contribution in [0.25, 0.3) is 0 Å². The summed E-state index contributed by atoms with van der Waals surface area (Å²) < 4.78 is 0. The first kappa shape index (κ1) is 14.2. The maximum atomic E-state index is 12.3. The summed E-state index contributed by atoms with van der Waals surface area (Å²) in [5.74, 6) is -0.349. The Labute approximate surface area is 114 Å². The first-order chi connectivity index (χ1) is 8.94. The number of amides is 2. The van der Waals surface area contributed by atoms with Crippen molar-refractivity contribution in [2.75, 3.05) is 6.54 Å². The molecule has 0 radical (unpaired) electrons. The van der Waals surface area contributed by atoms with E-state index in [0.717, 1.165) is 32.2 Å². The van der Waals surface area contributed by atoms with Crippen LogP contribution in [0.5, 0.6) is 0 Å². The SMILES string of the molecule is CC(C)CCN(C(=O)NC1(C(=O)O)CCC1)C1CC1. The largest absolute Gasteiger partial charge is 0.480 e. The smallest absolute Gasteiger partial charge is 0.329 e. The molecule has 2 amide bonds. The zero-order valence-corrected chi connectivity index (χ0v) is 11.8. The molecular weight excluding hydrogens is 244 g/mol. The zero-order chi connectivity index (χ0) is 14.0. The molecule has 0 spiro atoms. The van der Waals surface area contributed by atoms with E-state index >= 15 is 0 Å². The fourth-order valence-electron chi connectivity index (χ4n) is 2.43. The van der Waals surface area contributed by atoms with Gasteiger partial charge in [0.15, 0.2) is 0 Å². The van der Waals surface area contributed by atoms with E-state index in [0.29, 0.717) is 24.8 Å². The van der Waals surface area contributed by atoms with Crippen molar-refractivity contribution in [2.45, 2.75) is 64.0 Å². The number of rotatable bonds is 6. The van der Waals surface area contributed by atoms with Gasteiger partial charge in [0.2, 0.25) is 0 Å². The van der Waals surface area contributed by atoms with Crippen molar-refractivity contribution >= 4 is 12.0 Å². The van der Waals surface area contributed by atoms with Crippen molar-refractivity contribution in [1.29, 1.82) is 0 Å². The van der Waals surface area contributed by atoms with Gasteiger partial charge in [-0.2, -0.15) is 0 Å². The van der Waals surface area contributed by atoms with Gasteiger partial charge in [0, 0.05) is 12.6 Å². The van der Waals surface area contributed by atoms with Gasteiger partial charge in [0.25, 0.3) is 0 Å². The molecule has 2 rings (SSSR count). The monoisotopic (exact) mass is 268 g/mol. The second kappa shape index (κ2) is 5.39. The second-order valence-electron chi connectivity index (χ2n) is 6.28. The number of hydrogen-bond acceptors (Lipinski definition) is 2. The van der Waals surface area contributed by atoms with E-state index in [2.05, 4.69) is 19.2 Å². The lowest BCUT2D eigenvalue weighted by molar-refractivity contribution is -0.148. The second-order valence-corrected chi connectivity index (χ2v) is 6.28.